The molecule has 1 aliphatic rings. The summed E-state index contributed by atoms with van der Waals surface area (Å²) in [5.41, 5.74) is 5.11. The number of benzene rings is 3. The molecule has 0 bridgehead atoms. The van der Waals surface area contributed by atoms with Crippen molar-refractivity contribution < 1.29 is 18.9 Å². The van der Waals surface area contributed by atoms with Gasteiger partial charge in [-0.1, -0.05) is 48.6 Å². The van der Waals surface area contributed by atoms with Gasteiger partial charge in [0.1, 0.15) is 12.4 Å². The quantitative estimate of drug-likeness (QED) is 0.213. The SMILES string of the molecule is C=CCc1ccc(ON)c(-c2cc(CC=C)ccc2OCc2ccccc2B2OC(C)(C)C(C)(C)O2)c1. The monoisotopic (exact) mass is 497 g/mol. The number of hydrogen-bond donors (Lipinski definition) is 1. The van der Waals surface area contributed by atoms with Crippen LogP contribution in [0.4, 0.5) is 0 Å². The number of allylic oxidation sites excluding steroid dienone is 2. The standard InChI is InChI=1S/C31H36BNO4/c1-7-11-22-15-17-28(25(19-22)26-20-23(12-8-2)16-18-29(26)35-33)34-21-24-13-9-10-14-27(24)32-36-30(3,4)31(5,6)37-32/h7-10,13-20H,1-2,11-12,21,33H2,3-6H3. The molecule has 0 radical (unpaired) electrons. The van der Waals surface area contributed by atoms with E-state index in [1.54, 1.807) is 0 Å². The molecular weight excluding hydrogens is 461 g/mol. The fourth-order valence-electron chi connectivity index (χ4n) is 4.41. The van der Waals surface area contributed by atoms with Crippen LogP contribution < -0.4 is 20.9 Å². The van der Waals surface area contributed by atoms with Crippen LogP contribution in [0.3, 0.4) is 0 Å². The van der Waals surface area contributed by atoms with E-state index in [-0.39, 0.29) is 0 Å². The van der Waals surface area contributed by atoms with E-state index < -0.39 is 18.3 Å². The van der Waals surface area contributed by atoms with Gasteiger partial charge in [0, 0.05) is 11.1 Å². The van der Waals surface area contributed by atoms with Gasteiger partial charge < -0.3 is 18.9 Å². The number of ether oxygens (including phenoxy) is 1. The molecule has 0 aromatic heterocycles. The van der Waals surface area contributed by atoms with Gasteiger partial charge in [0.25, 0.3) is 0 Å². The summed E-state index contributed by atoms with van der Waals surface area (Å²) in [7, 11) is -0.466. The van der Waals surface area contributed by atoms with Crippen molar-refractivity contribution in [3.05, 3.63) is 103 Å². The molecule has 1 fully saturated rings. The zero-order chi connectivity index (χ0) is 26.6. The Morgan fingerprint density at radius 3 is 1.92 bits per heavy atom. The summed E-state index contributed by atoms with van der Waals surface area (Å²) in [6, 6.07) is 20.2. The summed E-state index contributed by atoms with van der Waals surface area (Å²) >= 11 is 0. The minimum atomic E-state index is -0.466. The number of hydrogen-bond acceptors (Lipinski definition) is 5. The second-order valence-corrected chi connectivity index (χ2v) is 10.3. The lowest BCUT2D eigenvalue weighted by molar-refractivity contribution is 0.00578. The molecule has 6 heteroatoms. The Morgan fingerprint density at radius 1 is 0.811 bits per heavy atom. The van der Waals surface area contributed by atoms with Gasteiger partial charge in [-0.25, -0.2) is 0 Å². The second kappa shape index (κ2) is 11.0. The molecule has 1 heterocycles. The van der Waals surface area contributed by atoms with Crippen LogP contribution in [-0.2, 0) is 28.8 Å². The van der Waals surface area contributed by atoms with Crippen molar-refractivity contribution in [3.63, 3.8) is 0 Å². The van der Waals surface area contributed by atoms with Gasteiger partial charge in [-0.05, 0) is 87.0 Å². The molecule has 4 rings (SSSR count). The molecule has 0 aliphatic carbocycles. The summed E-state index contributed by atoms with van der Waals surface area (Å²) in [6.45, 7) is 16.3. The highest BCUT2D eigenvalue weighted by atomic mass is 16.7. The first-order chi connectivity index (χ1) is 17.7. The van der Waals surface area contributed by atoms with Crippen molar-refractivity contribution in [1.29, 1.82) is 0 Å². The molecule has 0 saturated carbocycles. The zero-order valence-corrected chi connectivity index (χ0v) is 22.3. The Bertz CT molecular complexity index is 1270. The molecule has 0 spiro atoms. The third-order valence-corrected chi connectivity index (χ3v) is 7.21. The molecule has 3 aromatic carbocycles. The van der Waals surface area contributed by atoms with E-state index >= 15 is 0 Å². The van der Waals surface area contributed by atoms with Gasteiger partial charge in [0.05, 0.1) is 11.2 Å². The maximum absolute atomic E-state index is 6.46. The van der Waals surface area contributed by atoms with Crippen LogP contribution in [0.25, 0.3) is 11.1 Å². The van der Waals surface area contributed by atoms with E-state index in [1.807, 2.05) is 54.6 Å². The maximum atomic E-state index is 6.46. The van der Waals surface area contributed by atoms with E-state index in [1.165, 1.54) is 0 Å². The molecule has 37 heavy (non-hydrogen) atoms. The van der Waals surface area contributed by atoms with Gasteiger partial charge in [-0.3, -0.25) is 0 Å². The molecule has 192 valence electrons. The normalized spacial score (nSPS) is 15.9. The Kier molecular flexibility index (Phi) is 7.93. The van der Waals surface area contributed by atoms with E-state index in [0.29, 0.717) is 12.4 Å². The second-order valence-electron chi connectivity index (χ2n) is 10.3. The molecular formula is C31H36BNO4. The van der Waals surface area contributed by atoms with Gasteiger partial charge in [-0.2, -0.15) is 5.90 Å². The summed E-state index contributed by atoms with van der Waals surface area (Å²) in [5, 5.41) is 0. The van der Waals surface area contributed by atoms with Crippen LogP contribution in [0.5, 0.6) is 11.5 Å². The maximum Gasteiger partial charge on any atom is 0.495 e. The Hall–Kier alpha value is -3.32. The Morgan fingerprint density at radius 2 is 1.35 bits per heavy atom. The van der Waals surface area contributed by atoms with E-state index in [2.05, 4.69) is 59.1 Å². The molecule has 5 nitrogen and oxygen atoms in total. The van der Waals surface area contributed by atoms with Gasteiger partial charge in [0.2, 0.25) is 0 Å². The van der Waals surface area contributed by atoms with Gasteiger partial charge in [-0.15, -0.1) is 13.2 Å². The van der Waals surface area contributed by atoms with E-state index in [0.717, 1.165) is 51.9 Å². The van der Waals surface area contributed by atoms with Crippen LogP contribution in [0.1, 0.15) is 44.4 Å². The first-order valence-corrected chi connectivity index (χ1v) is 12.6. The average Bonchev–Trinajstić information content (AvgIpc) is 3.10. The summed E-state index contributed by atoms with van der Waals surface area (Å²) in [5.74, 6) is 6.95. The van der Waals surface area contributed by atoms with Crippen molar-refractivity contribution >= 4 is 12.6 Å². The topological polar surface area (TPSA) is 62.9 Å². The van der Waals surface area contributed by atoms with Gasteiger partial charge in [0.15, 0.2) is 5.75 Å². The van der Waals surface area contributed by atoms with Crippen LogP contribution in [0, 0.1) is 0 Å². The fourth-order valence-corrected chi connectivity index (χ4v) is 4.41. The van der Waals surface area contributed by atoms with Crippen molar-refractivity contribution in [2.24, 2.45) is 5.90 Å². The lowest BCUT2D eigenvalue weighted by Crippen LogP contribution is -2.41. The largest absolute Gasteiger partial charge is 0.495 e. The van der Waals surface area contributed by atoms with Crippen molar-refractivity contribution in [3.8, 4) is 22.6 Å². The first kappa shape index (κ1) is 26.7. The van der Waals surface area contributed by atoms with Crippen molar-refractivity contribution in [2.45, 2.75) is 58.3 Å². The zero-order valence-electron chi connectivity index (χ0n) is 22.3. The van der Waals surface area contributed by atoms with E-state index in [9.17, 15) is 0 Å². The average molecular weight is 497 g/mol. The smallest absolute Gasteiger partial charge is 0.488 e. The summed E-state index contributed by atoms with van der Waals surface area (Å²) in [4.78, 5) is 5.24. The lowest BCUT2D eigenvalue weighted by Gasteiger charge is -2.32. The molecule has 0 unspecified atom stereocenters. The minimum Gasteiger partial charge on any atom is -0.488 e. The van der Waals surface area contributed by atoms with Crippen molar-refractivity contribution in [2.75, 3.05) is 0 Å². The first-order valence-electron chi connectivity index (χ1n) is 12.6. The molecule has 0 amide bonds. The Balaban J connectivity index is 1.69. The minimum absolute atomic E-state index is 0.346. The fraction of sp³-hybridized carbons (Fsp3) is 0.290. The van der Waals surface area contributed by atoms with Crippen molar-refractivity contribution in [1.82, 2.24) is 0 Å². The number of nitrogens with two attached hydrogens (primary N) is 1. The Labute approximate surface area is 221 Å². The summed E-state index contributed by atoms with van der Waals surface area (Å²) < 4.78 is 19.1. The van der Waals surface area contributed by atoms with Crippen LogP contribution in [-0.4, -0.2) is 18.3 Å². The third-order valence-electron chi connectivity index (χ3n) is 7.21. The summed E-state index contributed by atoms with van der Waals surface area (Å²) in [6.07, 6.45) is 5.24. The molecule has 3 aromatic rings. The highest BCUT2D eigenvalue weighted by Gasteiger charge is 2.52. The molecule has 0 atom stereocenters. The third kappa shape index (κ3) is 5.67. The predicted molar refractivity (Wildman–Crippen MR) is 151 cm³/mol. The van der Waals surface area contributed by atoms with Crippen LogP contribution in [0.15, 0.2) is 86.0 Å². The molecule has 2 N–H and O–H groups in total. The highest BCUT2D eigenvalue weighted by molar-refractivity contribution is 6.62. The van der Waals surface area contributed by atoms with E-state index in [4.69, 9.17) is 24.8 Å². The van der Waals surface area contributed by atoms with Gasteiger partial charge >= 0.3 is 7.12 Å². The number of rotatable bonds is 10. The molecule has 1 saturated heterocycles. The predicted octanol–water partition coefficient (Wildman–Crippen LogP) is 5.94. The lowest BCUT2D eigenvalue weighted by atomic mass is 9.76. The highest BCUT2D eigenvalue weighted by Crippen LogP contribution is 2.39. The van der Waals surface area contributed by atoms with Crippen LogP contribution in [0.2, 0.25) is 0 Å². The molecule has 1 aliphatic heterocycles. The van der Waals surface area contributed by atoms with Crippen LogP contribution >= 0.6 is 0 Å².